The Balaban J connectivity index is 2.37. The van der Waals surface area contributed by atoms with Crippen molar-refractivity contribution in [3.05, 3.63) is 59.9 Å². The van der Waals surface area contributed by atoms with Crippen LogP contribution >= 0.6 is 0 Å². The summed E-state index contributed by atoms with van der Waals surface area (Å²) in [5, 5.41) is 2.77. The molecule has 0 aliphatic rings. The van der Waals surface area contributed by atoms with Crippen molar-refractivity contribution in [1.29, 1.82) is 0 Å². The number of hydrogen-bond acceptors (Lipinski definition) is 3. The number of anilines is 2. The largest absolute Gasteiger partial charge is 0.324 e. The number of benzene rings is 2. The van der Waals surface area contributed by atoms with Gasteiger partial charge in [0, 0.05) is 5.69 Å². The highest BCUT2D eigenvalue weighted by Gasteiger charge is 2.31. The normalized spacial score (nSPS) is 12.7. The zero-order chi connectivity index (χ0) is 19.5. The van der Waals surface area contributed by atoms with Crippen molar-refractivity contribution < 1.29 is 17.6 Å². The van der Waals surface area contributed by atoms with Crippen molar-refractivity contribution in [1.82, 2.24) is 0 Å². The van der Waals surface area contributed by atoms with E-state index in [4.69, 9.17) is 0 Å². The van der Waals surface area contributed by atoms with E-state index in [1.165, 1.54) is 25.1 Å². The first-order chi connectivity index (χ1) is 12.1. The number of carbonyl (C=O) groups is 1. The van der Waals surface area contributed by atoms with E-state index in [-0.39, 0.29) is 11.6 Å². The summed E-state index contributed by atoms with van der Waals surface area (Å²) in [6.07, 6.45) is 0.950. The molecule has 26 heavy (non-hydrogen) atoms. The SMILES string of the molecule is CC(C)c1ccccc1NC(=O)[C@H](C)N(c1ccccc1F)S(C)(=O)=O. The molecule has 2 aromatic carbocycles. The third-order valence-electron chi connectivity index (χ3n) is 4.02. The second-order valence-electron chi connectivity index (χ2n) is 6.42. The molecule has 0 unspecified atom stereocenters. The summed E-state index contributed by atoms with van der Waals surface area (Å²) in [6, 6.07) is 11.7. The number of carbonyl (C=O) groups excluding carboxylic acids is 1. The van der Waals surface area contributed by atoms with Gasteiger partial charge in [0.05, 0.1) is 11.9 Å². The number of sulfonamides is 1. The predicted molar refractivity (Wildman–Crippen MR) is 102 cm³/mol. The molecule has 2 aromatic rings. The lowest BCUT2D eigenvalue weighted by Gasteiger charge is -2.28. The summed E-state index contributed by atoms with van der Waals surface area (Å²) in [4.78, 5) is 12.7. The van der Waals surface area contributed by atoms with Crippen LogP contribution in [0, 0.1) is 5.82 Å². The lowest BCUT2D eigenvalue weighted by molar-refractivity contribution is -0.116. The summed E-state index contributed by atoms with van der Waals surface area (Å²) in [6.45, 7) is 5.42. The number of nitrogens with one attached hydrogen (secondary N) is 1. The fourth-order valence-corrected chi connectivity index (χ4v) is 3.94. The predicted octanol–water partition coefficient (Wildman–Crippen LogP) is 3.74. The minimum Gasteiger partial charge on any atom is -0.324 e. The third-order valence-corrected chi connectivity index (χ3v) is 5.25. The molecule has 0 heterocycles. The molecule has 2 rings (SSSR count). The minimum atomic E-state index is -3.87. The molecule has 1 amide bonds. The second kappa shape index (κ2) is 7.86. The third kappa shape index (κ3) is 4.40. The first-order valence-corrected chi connectivity index (χ1v) is 10.1. The van der Waals surface area contributed by atoms with Crippen molar-refractivity contribution >= 4 is 27.3 Å². The van der Waals surface area contributed by atoms with Gasteiger partial charge in [0.2, 0.25) is 15.9 Å². The molecule has 0 aliphatic carbocycles. The van der Waals surface area contributed by atoms with Crippen molar-refractivity contribution in [2.45, 2.75) is 32.7 Å². The number of halogens is 1. The summed E-state index contributed by atoms with van der Waals surface area (Å²) >= 11 is 0. The molecule has 0 fully saturated rings. The van der Waals surface area contributed by atoms with Gasteiger partial charge in [-0.15, -0.1) is 0 Å². The fourth-order valence-electron chi connectivity index (χ4n) is 2.76. The number of nitrogens with zero attached hydrogens (tertiary/aromatic N) is 1. The molecule has 140 valence electrons. The van der Waals surface area contributed by atoms with Gasteiger partial charge in [-0.1, -0.05) is 44.2 Å². The van der Waals surface area contributed by atoms with Gasteiger partial charge < -0.3 is 5.32 Å². The topological polar surface area (TPSA) is 66.5 Å². The Labute approximate surface area is 153 Å². The summed E-state index contributed by atoms with van der Waals surface area (Å²) in [5.74, 6) is -1.06. The highest BCUT2D eigenvalue weighted by Crippen LogP contribution is 2.27. The minimum absolute atomic E-state index is 0.158. The van der Waals surface area contributed by atoms with Crippen LogP contribution in [0.4, 0.5) is 15.8 Å². The van der Waals surface area contributed by atoms with E-state index in [0.29, 0.717) is 5.69 Å². The van der Waals surface area contributed by atoms with E-state index in [2.05, 4.69) is 5.32 Å². The van der Waals surface area contributed by atoms with Crippen molar-refractivity contribution in [2.24, 2.45) is 0 Å². The Kier molecular flexibility index (Phi) is 6.02. The number of para-hydroxylation sites is 2. The van der Waals surface area contributed by atoms with Crippen LogP contribution in [0.15, 0.2) is 48.5 Å². The van der Waals surface area contributed by atoms with Gasteiger partial charge in [-0.05, 0) is 36.6 Å². The van der Waals surface area contributed by atoms with Crippen LogP contribution in [0.2, 0.25) is 0 Å². The standard InChI is InChI=1S/C19H23FN2O3S/c1-13(2)15-9-5-7-11-17(15)21-19(23)14(3)22(26(4,24)25)18-12-8-6-10-16(18)20/h5-14H,1-4H3,(H,21,23)/t14-/m0/s1. The maximum Gasteiger partial charge on any atom is 0.248 e. The average molecular weight is 378 g/mol. The maximum absolute atomic E-state index is 14.2. The van der Waals surface area contributed by atoms with Crippen LogP contribution in [-0.4, -0.2) is 26.6 Å². The Bertz CT molecular complexity index is 897. The van der Waals surface area contributed by atoms with E-state index in [1.54, 1.807) is 12.1 Å². The van der Waals surface area contributed by atoms with Gasteiger partial charge in [0.1, 0.15) is 11.9 Å². The molecule has 5 nitrogen and oxygen atoms in total. The molecule has 0 spiro atoms. The maximum atomic E-state index is 14.2. The first kappa shape index (κ1) is 19.9. The van der Waals surface area contributed by atoms with E-state index < -0.39 is 27.8 Å². The van der Waals surface area contributed by atoms with Crippen LogP contribution in [0.5, 0.6) is 0 Å². The molecule has 0 radical (unpaired) electrons. The average Bonchev–Trinajstić information content (AvgIpc) is 2.55. The zero-order valence-corrected chi connectivity index (χ0v) is 16.0. The Hall–Kier alpha value is -2.41. The van der Waals surface area contributed by atoms with Gasteiger partial charge in [-0.2, -0.15) is 0 Å². The van der Waals surface area contributed by atoms with Gasteiger partial charge in [-0.25, -0.2) is 12.8 Å². The van der Waals surface area contributed by atoms with Crippen LogP contribution in [-0.2, 0) is 14.8 Å². The van der Waals surface area contributed by atoms with Crippen LogP contribution in [0.3, 0.4) is 0 Å². The van der Waals surface area contributed by atoms with E-state index >= 15 is 0 Å². The Morgan fingerprint density at radius 3 is 2.19 bits per heavy atom. The molecule has 1 atom stereocenters. The van der Waals surface area contributed by atoms with Crippen LogP contribution < -0.4 is 9.62 Å². The number of rotatable bonds is 6. The number of amides is 1. The molecule has 0 saturated heterocycles. The van der Waals surface area contributed by atoms with Crippen molar-refractivity contribution in [3.8, 4) is 0 Å². The van der Waals surface area contributed by atoms with Crippen LogP contribution in [0.25, 0.3) is 0 Å². The molecule has 7 heteroatoms. The van der Waals surface area contributed by atoms with E-state index in [1.807, 2.05) is 26.0 Å². The Morgan fingerprint density at radius 2 is 1.62 bits per heavy atom. The lowest BCUT2D eigenvalue weighted by atomic mass is 10.0. The zero-order valence-electron chi connectivity index (χ0n) is 15.2. The second-order valence-corrected chi connectivity index (χ2v) is 8.28. The summed E-state index contributed by atoms with van der Waals surface area (Å²) < 4.78 is 39.4. The summed E-state index contributed by atoms with van der Waals surface area (Å²) in [5.41, 5.74) is 1.39. The molecule has 1 N–H and O–H groups in total. The van der Waals surface area contributed by atoms with Gasteiger partial charge in [0.25, 0.3) is 0 Å². The lowest BCUT2D eigenvalue weighted by Crippen LogP contribution is -2.45. The van der Waals surface area contributed by atoms with Gasteiger partial charge >= 0.3 is 0 Å². The summed E-state index contributed by atoms with van der Waals surface area (Å²) in [7, 11) is -3.87. The van der Waals surface area contributed by atoms with Crippen molar-refractivity contribution in [3.63, 3.8) is 0 Å². The monoisotopic (exact) mass is 378 g/mol. The fraction of sp³-hybridized carbons (Fsp3) is 0.316. The smallest absolute Gasteiger partial charge is 0.248 e. The highest BCUT2D eigenvalue weighted by molar-refractivity contribution is 7.92. The highest BCUT2D eigenvalue weighted by atomic mass is 32.2. The molecule has 0 saturated carbocycles. The quantitative estimate of drug-likeness (QED) is 0.833. The van der Waals surface area contributed by atoms with E-state index in [9.17, 15) is 17.6 Å². The van der Waals surface area contributed by atoms with Crippen molar-refractivity contribution in [2.75, 3.05) is 15.9 Å². The molecule has 0 aromatic heterocycles. The molecular weight excluding hydrogens is 355 g/mol. The molecular formula is C19H23FN2O3S. The van der Waals surface area contributed by atoms with E-state index in [0.717, 1.165) is 22.2 Å². The van der Waals surface area contributed by atoms with Gasteiger partial charge in [0.15, 0.2) is 0 Å². The molecule has 0 bridgehead atoms. The van der Waals surface area contributed by atoms with Crippen LogP contribution in [0.1, 0.15) is 32.3 Å². The Morgan fingerprint density at radius 1 is 1.04 bits per heavy atom. The van der Waals surface area contributed by atoms with Gasteiger partial charge in [-0.3, -0.25) is 9.10 Å². The number of hydrogen-bond donors (Lipinski definition) is 1. The first-order valence-electron chi connectivity index (χ1n) is 8.26. The molecule has 0 aliphatic heterocycles.